The summed E-state index contributed by atoms with van der Waals surface area (Å²) >= 11 is 0. The molecule has 1 saturated heterocycles. The molecule has 6 heteroatoms. The van der Waals surface area contributed by atoms with Crippen LogP contribution in [0.3, 0.4) is 0 Å². The Morgan fingerprint density at radius 1 is 1.29 bits per heavy atom. The molecule has 0 spiro atoms. The first kappa shape index (κ1) is 14.1. The van der Waals surface area contributed by atoms with Crippen LogP contribution in [0.15, 0.2) is 29.1 Å². The van der Waals surface area contributed by atoms with E-state index in [0.717, 1.165) is 16.9 Å². The van der Waals surface area contributed by atoms with Gasteiger partial charge in [-0.1, -0.05) is 17.7 Å². The van der Waals surface area contributed by atoms with Gasteiger partial charge in [-0.05, 0) is 26.0 Å². The zero-order valence-electron chi connectivity index (χ0n) is 12.2. The lowest BCUT2D eigenvalue weighted by atomic mass is 10.1. The molecule has 2 aromatic rings. The SMILES string of the molecule is Cc1ccc(-n2[nH]c(C)c(C3COCCN3O)c2=O)cc1. The van der Waals surface area contributed by atoms with Crippen molar-refractivity contribution in [1.29, 1.82) is 0 Å². The molecule has 21 heavy (non-hydrogen) atoms. The van der Waals surface area contributed by atoms with Gasteiger partial charge < -0.3 is 9.94 Å². The first-order chi connectivity index (χ1) is 10.1. The first-order valence-corrected chi connectivity index (χ1v) is 7.00. The lowest BCUT2D eigenvalue weighted by molar-refractivity contribution is -0.183. The van der Waals surface area contributed by atoms with Crippen molar-refractivity contribution in [3.05, 3.63) is 51.4 Å². The summed E-state index contributed by atoms with van der Waals surface area (Å²) in [6.45, 7) is 5.03. The molecule has 0 radical (unpaired) electrons. The number of nitrogens with zero attached hydrogens (tertiary/aromatic N) is 2. The van der Waals surface area contributed by atoms with Crippen LogP contribution in [-0.2, 0) is 4.74 Å². The van der Waals surface area contributed by atoms with Crippen molar-refractivity contribution in [2.75, 3.05) is 19.8 Å². The van der Waals surface area contributed by atoms with Crippen LogP contribution in [0, 0.1) is 13.8 Å². The number of rotatable bonds is 2. The largest absolute Gasteiger partial charge is 0.378 e. The topological polar surface area (TPSA) is 70.5 Å². The van der Waals surface area contributed by atoms with Crippen LogP contribution in [0.4, 0.5) is 0 Å². The van der Waals surface area contributed by atoms with Gasteiger partial charge >= 0.3 is 0 Å². The molecule has 0 saturated carbocycles. The second-order valence-corrected chi connectivity index (χ2v) is 5.38. The van der Waals surface area contributed by atoms with Crippen molar-refractivity contribution in [3.63, 3.8) is 0 Å². The maximum Gasteiger partial charge on any atom is 0.276 e. The number of hydroxylamine groups is 2. The second kappa shape index (κ2) is 5.48. The molecule has 0 amide bonds. The Labute approximate surface area is 122 Å². The van der Waals surface area contributed by atoms with E-state index in [2.05, 4.69) is 5.10 Å². The van der Waals surface area contributed by atoms with Gasteiger partial charge in [-0.3, -0.25) is 9.89 Å². The average Bonchev–Trinajstić information content (AvgIpc) is 2.76. The van der Waals surface area contributed by atoms with Crippen LogP contribution >= 0.6 is 0 Å². The highest BCUT2D eigenvalue weighted by atomic mass is 16.5. The summed E-state index contributed by atoms with van der Waals surface area (Å²) in [5, 5.41) is 14.2. The maximum atomic E-state index is 12.7. The highest BCUT2D eigenvalue weighted by molar-refractivity contribution is 5.35. The zero-order chi connectivity index (χ0) is 15.0. The van der Waals surface area contributed by atoms with Crippen LogP contribution in [0.25, 0.3) is 5.69 Å². The number of benzene rings is 1. The van der Waals surface area contributed by atoms with E-state index in [9.17, 15) is 10.0 Å². The molecule has 1 aliphatic heterocycles. The molecule has 1 atom stereocenters. The number of aromatic amines is 1. The van der Waals surface area contributed by atoms with E-state index in [-0.39, 0.29) is 5.56 Å². The van der Waals surface area contributed by atoms with Gasteiger partial charge in [0.1, 0.15) is 0 Å². The van der Waals surface area contributed by atoms with Crippen molar-refractivity contribution in [2.24, 2.45) is 0 Å². The molecule has 6 nitrogen and oxygen atoms in total. The monoisotopic (exact) mass is 289 g/mol. The minimum absolute atomic E-state index is 0.147. The van der Waals surface area contributed by atoms with Gasteiger partial charge in [0.25, 0.3) is 5.56 Å². The van der Waals surface area contributed by atoms with Crippen LogP contribution in [0.1, 0.15) is 22.9 Å². The number of nitrogens with one attached hydrogen (secondary N) is 1. The van der Waals surface area contributed by atoms with Crippen LogP contribution in [0.5, 0.6) is 0 Å². The predicted octanol–water partition coefficient (Wildman–Crippen LogP) is 1.54. The highest BCUT2D eigenvalue weighted by Gasteiger charge is 2.29. The van der Waals surface area contributed by atoms with Crippen molar-refractivity contribution in [1.82, 2.24) is 14.8 Å². The summed E-state index contributed by atoms with van der Waals surface area (Å²) in [5.41, 5.74) is 3.07. The van der Waals surface area contributed by atoms with Crippen LogP contribution in [0.2, 0.25) is 0 Å². The zero-order valence-corrected chi connectivity index (χ0v) is 12.2. The van der Waals surface area contributed by atoms with Crippen molar-refractivity contribution >= 4 is 0 Å². The molecule has 1 unspecified atom stereocenters. The summed E-state index contributed by atoms with van der Waals surface area (Å²) in [6, 6.07) is 7.28. The molecule has 2 N–H and O–H groups in total. The van der Waals surface area contributed by atoms with Crippen LogP contribution in [-0.4, -0.2) is 39.8 Å². The van der Waals surface area contributed by atoms with E-state index in [1.54, 1.807) is 0 Å². The quantitative estimate of drug-likeness (QED) is 0.880. The Hall–Kier alpha value is -1.89. The molecule has 1 aromatic heterocycles. The van der Waals surface area contributed by atoms with Gasteiger partial charge in [0.15, 0.2) is 0 Å². The van der Waals surface area contributed by atoms with Gasteiger partial charge in [0, 0.05) is 12.2 Å². The van der Waals surface area contributed by atoms with E-state index >= 15 is 0 Å². The van der Waals surface area contributed by atoms with E-state index in [0.29, 0.717) is 25.3 Å². The third-order valence-electron chi connectivity index (χ3n) is 3.84. The van der Waals surface area contributed by atoms with E-state index < -0.39 is 6.04 Å². The normalized spacial score (nSPS) is 19.9. The number of H-pyrrole nitrogens is 1. The molecule has 1 aliphatic rings. The third-order valence-corrected chi connectivity index (χ3v) is 3.84. The number of hydrogen-bond donors (Lipinski definition) is 2. The molecule has 1 fully saturated rings. The molecule has 112 valence electrons. The van der Waals surface area contributed by atoms with Gasteiger partial charge in [-0.15, -0.1) is 0 Å². The Balaban J connectivity index is 2.04. The molecule has 2 heterocycles. The van der Waals surface area contributed by atoms with Crippen molar-refractivity contribution < 1.29 is 9.94 Å². The Bertz CT molecular complexity index is 687. The Morgan fingerprint density at radius 3 is 2.67 bits per heavy atom. The fraction of sp³-hybridized carbons (Fsp3) is 0.400. The third kappa shape index (κ3) is 2.53. The minimum Gasteiger partial charge on any atom is -0.378 e. The van der Waals surface area contributed by atoms with Crippen molar-refractivity contribution in [3.8, 4) is 5.69 Å². The van der Waals surface area contributed by atoms with E-state index in [1.807, 2.05) is 38.1 Å². The fourth-order valence-electron chi connectivity index (χ4n) is 2.65. The number of aryl methyl sites for hydroxylation is 2. The molecular formula is C15H19N3O3. The number of morpholine rings is 1. The first-order valence-electron chi connectivity index (χ1n) is 7.00. The molecule has 0 bridgehead atoms. The van der Waals surface area contributed by atoms with Gasteiger partial charge in [0.05, 0.1) is 30.5 Å². The lowest BCUT2D eigenvalue weighted by Crippen LogP contribution is -2.39. The molecular weight excluding hydrogens is 270 g/mol. The van der Waals surface area contributed by atoms with Gasteiger partial charge in [-0.2, -0.15) is 5.06 Å². The second-order valence-electron chi connectivity index (χ2n) is 5.38. The predicted molar refractivity (Wildman–Crippen MR) is 77.9 cm³/mol. The van der Waals surface area contributed by atoms with Crippen LogP contribution < -0.4 is 5.56 Å². The average molecular weight is 289 g/mol. The van der Waals surface area contributed by atoms with E-state index in [4.69, 9.17) is 4.74 Å². The summed E-state index contributed by atoms with van der Waals surface area (Å²) < 4.78 is 6.89. The maximum absolute atomic E-state index is 12.7. The Kier molecular flexibility index (Phi) is 3.67. The summed E-state index contributed by atoms with van der Waals surface area (Å²) in [4.78, 5) is 12.7. The summed E-state index contributed by atoms with van der Waals surface area (Å²) in [5.74, 6) is 0. The number of ether oxygens (including phenoxy) is 1. The smallest absolute Gasteiger partial charge is 0.276 e. The van der Waals surface area contributed by atoms with Gasteiger partial charge in [0.2, 0.25) is 0 Å². The number of aromatic nitrogens is 2. The Morgan fingerprint density at radius 2 is 2.00 bits per heavy atom. The summed E-state index contributed by atoms with van der Waals surface area (Å²) in [7, 11) is 0. The standard InChI is InChI=1S/C15H19N3O3/c1-10-3-5-12(6-4-10)18-15(19)14(11(2)16-18)13-9-21-8-7-17(13)20/h3-6,13,16,20H,7-9H2,1-2H3. The number of hydrogen-bond acceptors (Lipinski definition) is 4. The molecule has 3 rings (SSSR count). The summed E-state index contributed by atoms with van der Waals surface area (Å²) in [6.07, 6.45) is 0. The van der Waals surface area contributed by atoms with Crippen molar-refractivity contribution in [2.45, 2.75) is 19.9 Å². The highest BCUT2D eigenvalue weighted by Crippen LogP contribution is 2.22. The lowest BCUT2D eigenvalue weighted by Gasteiger charge is -2.29. The minimum atomic E-state index is -0.422. The van der Waals surface area contributed by atoms with E-state index in [1.165, 1.54) is 9.75 Å². The van der Waals surface area contributed by atoms with Gasteiger partial charge in [-0.25, -0.2) is 4.68 Å². The molecule has 0 aliphatic carbocycles. The fourth-order valence-corrected chi connectivity index (χ4v) is 2.65. The molecule has 1 aromatic carbocycles.